The van der Waals surface area contributed by atoms with Crippen LogP contribution in [0.15, 0.2) is 23.2 Å². The number of nitrogens with zero attached hydrogens (tertiary/aromatic N) is 3. The van der Waals surface area contributed by atoms with Crippen molar-refractivity contribution in [1.82, 2.24) is 20.2 Å². The van der Waals surface area contributed by atoms with Crippen LogP contribution in [-0.2, 0) is 29.0 Å². The van der Waals surface area contributed by atoms with Crippen molar-refractivity contribution < 1.29 is 30.8 Å². The van der Waals surface area contributed by atoms with E-state index in [1.54, 1.807) is 0 Å². The number of hydrogen-bond acceptors (Lipinski definition) is 8. The van der Waals surface area contributed by atoms with Gasteiger partial charge in [-0.1, -0.05) is 6.07 Å². The van der Waals surface area contributed by atoms with Crippen molar-refractivity contribution in [3.63, 3.8) is 0 Å². The highest BCUT2D eigenvalue weighted by Crippen LogP contribution is 2.47. The van der Waals surface area contributed by atoms with Gasteiger partial charge >= 0.3 is 6.18 Å². The SMILES string of the molecule is O=C1c2sc(-c3nc(Nc4c(C5CC5)cc5c(c4F)CCNC5)ncc3C(F)(F)F)cc2S(=O)(=O)CCN1C1CC1. The van der Waals surface area contributed by atoms with E-state index in [0.29, 0.717) is 42.6 Å². The van der Waals surface area contributed by atoms with Gasteiger partial charge in [0.15, 0.2) is 15.7 Å². The van der Waals surface area contributed by atoms with Gasteiger partial charge in [0, 0.05) is 25.3 Å². The van der Waals surface area contributed by atoms with Crippen molar-refractivity contribution in [3.05, 3.63) is 51.3 Å². The van der Waals surface area contributed by atoms with Crippen LogP contribution in [0.4, 0.5) is 29.2 Å². The average molecular weight is 608 g/mol. The lowest BCUT2D eigenvalue weighted by molar-refractivity contribution is -0.137. The van der Waals surface area contributed by atoms with E-state index >= 15 is 4.39 Å². The minimum atomic E-state index is -4.86. The molecule has 0 saturated heterocycles. The predicted molar refractivity (Wildman–Crippen MR) is 144 cm³/mol. The number of hydrogen-bond donors (Lipinski definition) is 2. The van der Waals surface area contributed by atoms with Crippen LogP contribution < -0.4 is 10.6 Å². The first-order chi connectivity index (χ1) is 19.5. The zero-order valence-electron chi connectivity index (χ0n) is 21.6. The molecule has 1 aromatic carbocycles. The number of carbonyl (C=O) groups excluding carboxylic acids is 1. The lowest BCUT2D eigenvalue weighted by Crippen LogP contribution is -2.34. The number of fused-ring (bicyclic) bond motifs is 2. The van der Waals surface area contributed by atoms with E-state index in [-0.39, 0.29) is 50.5 Å². The van der Waals surface area contributed by atoms with Crippen LogP contribution in [0.1, 0.15) is 63.5 Å². The minimum absolute atomic E-state index is 0.0453. The number of sulfone groups is 1. The Kier molecular flexibility index (Phi) is 6.18. The predicted octanol–water partition coefficient (Wildman–Crippen LogP) is 5.02. The molecule has 2 saturated carbocycles. The van der Waals surface area contributed by atoms with Gasteiger partial charge in [0.25, 0.3) is 5.91 Å². The molecular weight excluding hydrogens is 582 g/mol. The summed E-state index contributed by atoms with van der Waals surface area (Å²) in [5, 5.41) is 6.08. The Morgan fingerprint density at radius 2 is 1.93 bits per heavy atom. The van der Waals surface area contributed by atoms with Crippen molar-refractivity contribution in [3.8, 4) is 10.6 Å². The molecular formula is C27H25F4N5O3S2. The Labute approximate surface area is 237 Å². The van der Waals surface area contributed by atoms with Gasteiger partial charge in [-0.2, -0.15) is 13.2 Å². The van der Waals surface area contributed by atoms with E-state index in [1.807, 2.05) is 6.07 Å². The number of amides is 1. The Morgan fingerprint density at radius 1 is 1.15 bits per heavy atom. The second-order valence-electron chi connectivity index (χ2n) is 10.9. The monoisotopic (exact) mass is 607 g/mol. The standard InChI is InChI=1S/C27H25F4N5O3S2/c28-21-16-5-6-32-11-14(16)9-17(13-1-2-13)22(21)34-26-33-12-18(27(29,30)31)23(35-26)19-10-20-24(40-19)25(37)36(15-3-4-15)7-8-41(20,38)39/h9-10,12-13,15,32H,1-8,11H2,(H,33,34,35). The molecule has 0 bridgehead atoms. The maximum Gasteiger partial charge on any atom is 0.420 e. The molecule has 2 aromatic heterocycles. The Hall–Kier alpha value is -3.10. The second kappa shape index (κ2) is 9.46. The topological polar surface area (TPSA) is 104 Å². The third-order valence-electron chi connectivity index (χ3n) is 8.02. The summed E-state index contributed by atoms with van der Waals surface area (Å²) < 4.78 is 84.2. The molecule has 216 valence electrons. The maximum atomic E-state index is 15.8. The molecule has 2 N–H and O–H groups in total. The van der Waals surface area contributed by atoms with Crippen molar-refractivity contribution >= 4 is 38.7 Å². The Bertz CT molecular complexity index is 1700. The summed E-state index contributed by atoms with van der Waals surface area (Å²) in [6, 6.07) is 2.99. The highest BCUT2D eigenvalue weighted by atomic mass is 32.2. The molecule has 0 unspecified atom stereocenters. The van der Waals surface area contributed by atoms with Crippen LogP contribution in [0.5, 0.6) is 0 Å². The number of rotatable bonds is 5. The molecule has 4 aliphatic rings. The fourth-order valence-electron chi connectivity index (χ4n) is 5.59. The third kappa shape index (κ3) is 4.79. The smallest absolute Gasteiger partial charge is 0.334 e. The average Bonchev–Trinajstić information content (AvgIpc) is 3.87. The number of alkyl halides is 3. The minimum Gasteiger partial charge on any atom is -0.334 e. The first-order valence-electron chi connectivity index (χ1n) is 13.5. The fraction of sp³-hybridized carbons (Fsp3) is 0.444. The van der Waals surface area contributed by atoms with Crippen LogP contribution in [0, 0.1) is 5.82 Å². The highest BCUT2D eigenvalue weighted by Gasteiger charge is 2.42. The van der Waals surface area contributed by atoms with E-state index in [4.69, 9.17) is 0 Å². The maximum absolute atomic E-state index is 15.8. The van der Waals surface area contributed by atoms with E-state index in [1.165, 1.54) is 4.90 Å². The Balaban J connectivity index is 1.33. The van der Waals surface area contributed by atoms with Gasteiger partial charge in [-0.05, 0) is 67.3 Å². The first kappa shape index (κ1) is 26.8. The van der Waals surface area contributed by atoms with Crippen LogP contribution in [0.2, 0.25) is 0 Å². The molecule has 8 nitrogen and oxygen atoms in total. The third-order valence-corrected chi connectivity index (χ3v) is 11.0. The van der Waals surface area contributed by atoms with Crippen LogP contribution in [0.3, 0.4) is 0 Å². The molecule has 2 aliphatic heterocycles. The van der Waals surface area contributed by atoms with Crippen molar-refractivity contribution in [2.75, 3.05) is 24.2 Å². The lowest BCUT2D eigenvalue weighted by Gasteiger charge is -2.22. The number of anilines is 2. The molecule has 7 rings (SSSR count). The molecule has 1 amide bonds. The van der Waals surface area contributed by atoms with E-state index in [9.17, 15) is 26.4 Å². The highest BCUT2D eigenvalue weighted by molar-refractivity contribution is 7.91. The summed E-state index contributed by atoms with van der Waals surface area (Å²) in [5.74, 6) is -1.39. The molecule has 2 fully saturated rings. The number of halogens is 4. The molecule has 0 radical (unpaired) electrons. The van der Waals surface area contributed by atoms with Crippen LogP contribution in [-0.4, -0.2) is 54.1 Å². The number of carbonyl (C=O) groups is 1. The van der Waals surface area contributed by atoms with E-state index < -0.39 is 39.0 Å². The summed E-state index contributed by atoms with van der Waals surface area (Å²) in [5.41, 5.74) is 0.552. The molecule has 41 heavy (non-hydrogen) atoms. The second-order valence-corrected chi connectivity index (χ2v) is 14.1. The van der Waals surface area contributed by atoms with Crippen molar-refractivity contribution in [2.45, 2.75) is 61.7 Å². The quantitative estimate of drug-likeness (QED) is 0.393. The molecule has 0 atom stereocenters. The summed E-state index contributed by atoms with van der Waals surface area (Å²) in [6.45, 7) is 1.19. The molecule has 4 heterocycles. The van der Waals surface area contributed by atoms with Crippen molar-refractivity contribution in [1.29, 1.82) is 0 Å². The van der Waals surface area contributed by atoms with E-state index in [0.717, 1.165) is 42.9 Å². The summed E-state index contributed by atoms with van der Waals surface area (Å²) in [4.78, 5) is 22.3. The summed E-state index contributed by atoms with van der Waals surface area (Å²) in [6.07, 6.45) is -0.503. The van der Waals surface area contributed by atoms with Gasteiger partial charge in [-0.3, -0.25) is 4.79 Å². The Morgan fingerprint density at radius 3 is 2.63 bits per heavy atom. The van der Waals surface area contributed by atoms with Crippen LogP contribution in [0.25, 0.3) is 10.6 Å². The zero-order valence-corrected chi connectivity index (χ0v) is 23.3. The number of benzene rings is 1. The van der Waals surface area contributed by atoms with Crippen molar-refractivity contribution in [2.24, 2.45) is 0 Å². The molecule has 3 aromatic rings. The summed E-state index contributed by atoms with van der Waals surface area (Å²) in [7, 11) is -3.91. The lowest BCUT2D eigenvalue weighted by atomic mass is 9.94. The molecule has 2 aliphatic carbocycles. The van der Waals surface area contributed by atoms with Crippen LogP contribution >= 0.6 is 11.3 Å². The van der Waals surface area contributed by atoms with Gasteiger partial charge in [-0.25, -0.2) is 22.8 Å². The van der Waals surface area contributed by atoms with Gasteiger partial charge in [0.2, 0.25) is 5.95 Å². The zero-order chi connectivity index (χ0) is 28.7. The summed E-state index contributed by atoms with van der Waals surface area (Å²) >= 11 is 0.677. The fourth-order valence-corrected chi connectivity index (χ4v) is 8.51. The van der Waals surface area contributed by atoms with Gasteiger partial charge in [-0.15, -0.1) is 11.3 Å². The van der Waals surface area contributed by atoms with Gasteiger partial charge < -0.3 is 15.5 Å². The largest absolute Gasteiger partial charge is 0.420 e. The van der Waals surface area contributed by atoms with E-state index in [2.05, 4.69) is 20.6 Å². The number of aromatic nitrogens is 2. The number of nitrogens with one attached hydrogen (secondary N) is 2. The molecule has 14 heteroatoms. The van der Waals surface area contributed by atoms with Gasteiger partial charge in [0.05, 0.1) is 26.9 Å². The normalized spacial score (nSPS) is 20.4. The van der Waals surface area contributed by atoms with Gasteiger partial charge in [0.1, 0.15) is 10.4 Å². The number of thiophene rings is 1. The first-order valence-corrected chi connectivity index (χ1v) is 15.9. The molecule has 0 spiro atoms.